The van der Waals surface area contributed by atoms with Crippen LogP contribution in [0.15, 0.2) is 54.7 Å². The Bertz CT molecular complexity index is 1220. The highest BCUT2D eigenvalue weighted by Crippen LogP contribution is 2.51. The predicted molar refractivity (Wildman–Crippen MR) is 126 cm³/mol. The molecule has 0 radical (unpaired) electrons. The van der Waals surface area contributed by atoms with Crippen LogP contribution in [0.1, 0.15) is 48.3 Å². The number of likely N-dealkylation sites (tertiary alicyclic amines) is 1. The zero-order chi connectivity index (χ0) is 23.0. The summed E-state index contributed by atoms with van der Waals surface area (Å²) in [6.07, 6.45) is 6.26. The second-order valence-corrected chi connectivity index (χ2v) is 9.90. The van der Waals surface area contributed by atoms with Crippen molar-refractivity contribution in [2.75, 3.05) is 20.1 Å². The molecular weight excluding hydrogens is 413 g/mol. The molecule has 5 rings (SSSR count). The number of Topliss-reactive ketones (excluding diaryl/α,β-unsaturated/α-hetero) is 1. The topological polar surface area (TPSA) is 57.0 Å². The molecule has 1 aromatic heterocycles. The molecule has 1 aliphatic heterocycles. The van der Waals surface area contributed by atoms with Gasteiger partial charge in [-0.05, 0) is 91.6 Å². The quantitative estimate of drug-likeness (QED) is 0.554. The smallest absolute Gasteiger partial charge is 0.142 e. The number of hydrogen-bond donors (Lipinski definition) is 0. The summed E-state index contributed by atoms with van der Waals surface area (Å²) < 4.78 is 13.9. The first-order valence-corrected chi connectivity index (χ1v) is 11.7. The van der Waals surface area contributed by atoms with Crippen molar-refractivity contribution in [3.8, 4) is 6.07 Å². The van der Waals surface area contributed by atoms with E-state index in [1.54, 1.807) is 24.3 Å². The monoisotopic (exact) mass is 441 g/mol. The van der Waals surface area contributed by atoms with Crippen molar-refractivity contribution in [1.82, 2.24) is 9.88 Å². The van der Waals surface area contributed by atoms with Crippen LogP contribution >= 0.6 is 0 Å². The lowest BCUT2D eigenvalue weighted by molar-refractivity contribution is -0.125. The number of ketones is 1. The summed E-state index contributed by atoms with van der Waals surface area (Å²) in [5, 5.41) is 9.92. The highest BCUT2D eigenvalue weighted by Gasteiger charge is 2.50. The first-order valence-electron chi connectivity index (χ1n) is 11.7. The molecule has 2 aromatic carbocycles. The summed E-state index contributed by atoms with van der Waals surface area (Å²) in [5.41, 5.74) is 3.63. The first-order chi connectivity index (χ1) is 16.0. The van der Waals surface area contributed by atoms with E-state index in [0.717, 1.165) is 55.2 Å². The van der Waals surface area contributed by atoms with Gasteiger partial charge in [-0.15, -0.1) is 0 Å². The average Bonchev–Trinajstić information content (AvgIpc) is 3.15. The highest BCUT2D eigenvalue weighted by atomic mass is 19.1. The number of aromatic nitrogens is 1. The van der Waals surface area contributed by atoms with Gasteiger partial charge < -0.3 is 4.90 Å². The number of nitrogens with zero attached hydrogens (tertiary/aromatic N) is 3. The van der Waals surface area contributed by atoms with E-state index in [-0.39, 0.29) is 17.2 Å². The Kier molecular flexibility index (Phi) is 5.72. The fourth-order valence-corrected chi connectivity index (χ4v) is 6.19. The van der Waals surface area contributed by atoms with Gasteiger partial charge in [0.2, 0.25) is 0 Å². The maximum atomic E-state index is 13.9. The fourth-order valence-electron chi connectivity index (χ4n) is 6.19. The molecule has 0 bridgehead atoms. The fraction of sp³-hybridized carbons (Fsp3) is 0.393. The van der Waals surface area contributed by atoms with Crippen LogP contribution in [0.25, 0.3) is 10.9 Å². The maximum absolute atomic E-state index is 13.9. The van der Waals surface area contributed by atoms with Gasteiger partial charge >= 0.3 is 0 Å². The molecule has 168 valence electrons. The van der Waals surface area contributed by atoms with Gasteiger partial charge in [0, 0.05) is 37.0 Å². The molecule has 1 saturated carbocycles. The van der Waals surface area contributed by atoms with Crippen LogP contribution in [0.4, 0.5) is 4.39 Å². The summed E-state index contributed by atoms with van der Waals surface area (Å²) in [4.78, 5) is 20.1. The third-order valence-corrected chi connectivity index (χ3v) is 7.83. The Labute approximate surface area is 194 Å². The molecule has 3 aromatic rings. The SMILES string of the molecule is CN1CC(C(=O)Cc2ccc(C#N)cc2)C2(CCC(c3ccnc4ccc(F)cc34)CC2)C1. The summed E-state index contributed by atoms with van der Waals surface area (Å²) in [7, 11) is 2.11. The number of nitriles is 1. The summed E-state index contributed by atoms with van der Waals surface area (Å²) in [6, 6.07) is 16.4. The molecule has 2 heterocycles. The Morgan fingerprint density at radius 3 is 2.67 bits per heavy atom. The van der Waals surface area contributed by atoms with E-state index in [0.29, 0.717) is 23.7 Å². The van der Waals surface area contributed by atoms with E-state index in [9.17, 15) is 9.18 Å². The summed E-state index contributed by atoms with van der Waals surface area (Å²) in [6.45, 7) is 1.76. The lowest BCUT2D eigenvalue weighted by atomic mass is 9.62. The minimum atomic E-state index is -0.227. The third-order valence-electron chi connectivity index (χ3n) is 7.83. The van der Waals surface area contributed by atoms with Gasteiger partial charge in [0.1, 0.15) is 11.6 Å². The van der Waals surface area contributed by atoms with E-state index in [2.05, 4.69) is 23.0 Å². The van der Waals surface area contributed by atoms with E-state index in [1.807, 2.05) is 24.4 Å². The van der Waals surface area contributed by atoms with Crippen LogP contribution in [0.5, 0.6) is 0 Å². The van der Waals surface area contributed by atoms with Gasteiger partial charge in [0.25, 0.3) is 0 Å². The highest BCUT2D eigenvalue weighted by molar-refractivity contribution is 5.85. The molecule has 5 heteroatoms. The standard InChI is InChI=1S/C28H28FN3O/c1-32-17-25(27(33)14-19-2-4-20(16-30)5-3-19)28(18-32)11-8-21(9-12-28)23-10-13-31-26-7-6-22(29)15-24(23)26/h2-7,10,13,15,21,25H,8-9,11-12,14,17-18H2,1H3. The number of fused-ring (bicyclic) bond motifs is 1. The summed E-state index contributed by atoms with van der Waals surface area (Å²) >= 11 is 0. The molecule has 2 aliphatic rings. The van der Waals surface area contributed by atoms with Gasteiger partial charge in [-0.3, -0.25) is 9.78 Å². The van der Waals surface area contributed by atoms with Crippen LogP contribution < -0.4 is 0 Å². The Hall–Kier alpha value is -3.10. The van der Waals surface area contributed by atoms with E-state index in [1.165, 1.54) is 11.6 Å². The molecule has 1 unspecified atom stereocenters. The average molecular weight is 442 g/mol. The molecule has 4 nitrogen and oxygen atoms in total. The number of rotatable bonds is 4. The van der Waals surface area contributed by atoms with Crippen LogP contribution in [0.3, 0.4) is 0 Å². The normalized spacial score (nSPS) is 25.4. The largest absolute Gasteiger partial charge is 0.305 e. The predicted octanol–water partition coefficient (Wildman–Crippen LogP) is 5.26. The van der Waals surface area contributed by atoms with Gasteiger partial charge in [-0.1, -0.05) is 12.1 Å². The number of carbonyl (C=O) groups is 1. The zero-order valence-corrected chi connectivity index (χ0v) is 18.9. The van der Waals surface area contributed by atoms with Gasteiger partial charge in [0.15, 0.2) is 0 Å². The molecule has 1 aliphatic carbocycles. The number of pyridine rings is 1. The molecule has 0 N–H and O–H groups in total. The third kappa shape index (κ3) is 4.16. The second-order valence-electron chi connectivity index (χ2n) is 9.90. The molecule has 33 heavy (non-hydrogen) atoms. The summed E-state index contributed by atoms with van der Waals surface area (Å²) in [5.74, 6) is 0.475. The van der Waals surface area contributed by atoms with Crippen molar-refractivity contribution < 1.29 is 9.18 Å². The second kappa shape index (κ2) is 8.68. The number of halogens is 1. The Balaban J connectivity index is 1.34. The molecule has 0 amide bonds. The van der Waals surface area contributed by atoms with Crippen molar-refractivity contribution in [3.63, 3.8) is 0 Å². The molecule has 1 saturated heterocycles. The van der Waals surface area contributed by atoms with E-state index in [4.69, 9.17) is 5.26 Å². The lowest BCUT2D eigenvalue weighted by Crippen LogP contribution is -2.38. The van der Waals surface area contributed by atoms with Crippen LogP contribution in [-0.2, 0) is 11.2 Å². The maximum Gasteiger partial charge on any atom is 0.142 e. The van der Waals surface area contributed by atoms with Crippen molar-refractivity contribution in [3.05, 3.63) is 77.2 Å². The van der Waals surface area contributed by atoms with Crippen LogP contribution in [-0.4, -0.2) is 35.8 Å². The van der Waals surface area contributed by atoms with Crippen molar-refractivity contribution >= 4 is 16.7 Å². The first kappa shape index (κ1) is 21.7. The Morgan fingerprint density at radius 2 is 1.94 bits per heavy atom. The van der Waals surface area contributed by atoms with Crippen molar-refractivity contribution in [2.24, 2.45) is 11.3 Å². The molecular formula is C28H28FN3O. The Morgan fingerprint density at radius 1 is 1.18 bits per heavy atom. The van der Waals surface area contributed by atoms with Gasteiger partial charge in [0.05, 0.1) is 17.1 Å². The number of benzene rings is 2. The van der Waals surface area contributed by atoms with E-state index < -0.39 is 0 Å². The minimum Gasteiger partial charge on any atom is -0.305 e. The van der Waals surface area contributed by atoms with Gasteiger partial charge in [-0.2, -0.15) is 5.26 Å². The minimum absolute atomic E-state index is 0.0169. The number of hydrogen-bond acceptors (Lipinski definition) is 4. The zero-order valence-electron chi connectivity index (χ0n) is 18.9. The number of carbonyl (C=O) groups excluding carboxylic acids is 1. The van der Waals surface area contributed by atoms with Crippen molar-refractivity contribution in [1.29, 1.82) is 5.26 Å². The van der Waals surface area contributed by atoms with E-state index >= 15 is 0 Å². The van der Waals surface area contributed by atoms with Gasteiger partial charge in [-0.25, -0.2) is 4.39 Å². The van der Waals surface area contributed by atoms with Crippen molar-refractivity contribution in [2.45, 2.75) is 38.0 Å². The molecule has 1 atom stereocenters. The lowest BCUT2D eigenvalue weighted by Gasteiger charge is -2.41. The molecule has 1 spiro atoms. The van der Waals surface area contributed by atoms with Crippen LogP contribution in [0.2, 0.25) is 0 Å². The van der Waals surface area contributed by atoms with Crippen LogP contribution in [0, 0.1) is 28.5 Å². The molecule has 2 fully saturated rings.